The summed E-state index contributed by atoms with van der Waals surface area (Å²) in [4.78, 5) is 38.4. The molecule has 6 heteroatoms. The van der Waals surface area contributed by atoms with Gasteiger partial charge in [0, 0.05) is 19.3 Å². The first-order valence-electron chi connectivity index (χ1n) is 33.9. The third kappa shape index (κ3) is 63.7. The van der Waals surface area contributed by atoms with Crippen LogP contribution in [0.25, 0.3) is 0 Å². The summed E-state index contributed by atoms with van der Waals surface area (Å²) in [5, 5.41) is 0. The topological polar surface area (TPSA) is 78.9 Å². The number of hydrogen-bond acceptors (Lipinski definition) is 6. The molecule has 452 valence electrons. The highest BCUT2D eigenvalue weighted by molar-refractivity contribution is 5.71. The minimum atomic E-state index is -0.785. The standard InChI is InChI=1S/C72H128O6/c1-4-7-10-13-16-19-22-25-28-31-33-35-36-37-39-41-44-47-50-53-56-59-62-65-71(74)77-68-69(67-76-70(73)64-61-58-55-52-49-46-43-40-30-27-24-21-18-15-12-9-6-3)78-72(75)66-63-60-57-54-51-48-45-42-38-34-32-29-26-23-20-17-14-11-8-5-2/h7,10,16,19,25,28,33,35,37,39,44,47,69H,4-6,8-9,11-15,17-18,20-24,26-27,29-32,34,36,38,40-43,45-46,48-68H2,1-3H3/b10-7-,19-16-,28-25-,35-33-,39-37-,47-44-. The summed E-state index contributed by atoms with van der Waals surface area (Å²) in [6.45, 7) is 6.57. The lowest BCUT2D eigenvalue weighted by molar-refractivity contribution is -0.167. The highest BCUT2D eigenvalue weighted by atomic mass is 16.6. The molecule has 0 saturated carbocycles. The number of hydrogen-bond donors (Lipinski definition) is 0. The number of esters is 3. The van der Waals surface area contributed by atoms with E-state index >= 15 is 0 Å². The quantitative estimate of drug-likeness (QED) is 0.0261. The summed E-state index contributed by atoms with van der Waals surface area (Å²) < 4.78 is 17.0. The fourth-order valence-corrected chi connectivity index (χ4v) is 9.92. The van der Waals surface area contributed by atoms with E-state index in [0.717, 1.165) is 109 Å². The van der Waals surface area contributed by atoms with Crippen LogP contribution in [0.2, 0.25) is 0 Å². The van der Waals surface area contributed by atoms with Gasteiger partial charge in [-0.3, -0.25) is 14.4 Å². The molecule has 0 aliphatic carbocycles. The minimum absolute atomic E-state index is 0.0787. The van der Waals surface area contributed by atoms with Crippen molar-refractivity contribution in [2.45, 2.75) is 354 Å². The van der Waals surface area contributed by atoms with Gasteiger partial charge in [-0.15, -0.1) is 0 Å². The van der Waals surface area contributed by atoms with Crippen molar-refractivity contribution in [1.29, 1.82) is 0 Å². The zero-order valence-corrected chi connectivity index (χ0v) is 51.9. The van der Waals surface area contributed by atoms with Gasteiger partial charge in [0.1, 0.15) is 13.2 Å². The third-order valence-corrected chi connectivity index (χ3v) is 15.0. The van der Waals surface area contributed by atoms with Crippen LogP contribution in [0.3, 0.4) is 0 Å². The lowest BCUT2D eigenvalue weighted by atomic mass is 10.0. The van der Waals surface area contributed by atoms with Crippen LogP contribution < -0.4 is 0 Å². The van der Waals surface area contributed by atoms with Crippen molar-refractivity contribution in [2.24, 2.45) is 0 Å². The van der Waals surface area contributed by atoms with Crippen LogP contribution in [0.15, 0.2) is 72.9 Å². The first kappa shape index (κ1) is 74.8. The van der Waals surface area contributed by atoms with Gasteiger partial charge in [-0.1, -0.05) is 331 Å². The van der Waals surface area contributed by atoms with Crippen molar-refractivity contribution in [3.63, 3.8) is 0 Å². The molecule has 0 rings (SSSR count). The molecule has 0 saturated heterocycles. The molecular formula is C72H128O6. The molecule has 0 amide bonds. The molecule has 0 radical (unpaired) electrons. The van der Waals surface area contributed by atoms with Crippen molar-refractivity contribution < 1.29 is 28.6 Å². The Morgan fingerprint density at radius 1 is 0.269 bits per heavy atom. The molecule has 0 fully saturated rings. The SMILES string of the molecule is CC/C=C\C/C=C\C/C=C\C/C=C\C/C=C\C/C=C\CCCCCCC(=O)OCC(COC(=O)CCCCCCCCCCCCCCCCCCC)OC(=O)CCCCCCCCCCCCCCCCCCCCCC. The predicted molar refractivity (Wildman–Crippen MR) is 339 cm³/mol. The summed E-state index contributed by atoms with van der Waals surface area (Å²) in [7, 11) is 0. The molecule has 0 bridgehead atoms. The zero-order chi connectivity index (χ0) is 56.4. The number of ether oxygens (including phenoxy) is 3. The summed E-state index contributed by atoms with van der Waals surface area (Å²) in [5.41, 5.74) is 0. The Morgan fingerprint density at radius 3 is 0.782 bits per heavy atom. The first-order chi connectivity index (χ1) is 38.5. The predicted octanol–water partition coefficient (Wildman–Crippen LogP) is 23.3. The third-order valence-electron chi connectivity index (χ3n) is 15.0. The molecule has 0 aromatic heterocycles. The lowest BCUT2D eigenvalue weighted by Crippen LogP contribution is -2.30. The monoisotopic (exact) mass is 1090 g/mol. The molecule has 1 unspecified atom stereocenters. The van der Waals surface area contributed by atoms with E-state index in [2.05, 4.69) is 93.7 Å². The van der Waals surface area contributed by atoms with Gasteiger partial charge in [0.2, 0.25) is 0 Å². The Balaban J connectivity index is 4.39. The molecule has 0 N–H and O–H groups in total. The second-order valence-electron chi connectivity index (χ2n) is 22.7. The Kier molecular flexibility index (Phi) is 63.7. The number of rotatable bonds is 62. The largest absolute Gasteiger partial charge is 0.462 e. The van der Waals surface area contributed by atoms with Crippen LogP contribution >= 0.6 is 0 Å². The molecule has 78 heavy (non-hydrogen) atoms. The molecule has 0 aliphatic rings. The van der Waals surface area contributed by atoms with E-state index in [1.807, 2.05) is 0 Å². The smallest absolute Gasteiger partial charge is 0.306 e. The Hall–Kier alpha value is -3.15. The maximum atomic E-state index is 12.9. The Labute approximate surface area is 484 Å². The van der Waals surface area contributed by atoms with Crippen molar-refractivity contribution in [3.8, 4) is 0 Å². The van der Waals surface area contributed by atoms with Gasteiger partial charge in [-0.05, 0) is 70.6 Å². The number of allylic oxidation sites excluding steroid dienone is 12. The van der Waals surface area contributed by atoms with E-state index in [1.54, 1.807) is 0 Å². The van der Waals surface area contributed by atoms with E-state index in [4.69, 9.17) is 14.2 Å². The molecule has 0 aliphatic heterocycles. The minimum Gasteiger partial charge on any atom is -0.462 e. The van der Waals surface area contributed by atoms with Crippen molar-refractivity contribution in [1.82, 2.24) is 0 Å². The van der Waals surface area contributed by atoms with Gasteiger partial charge < -0.3 is 14.2 Å². The number of carbonyl (C=O) groups excluding carboxylic acids is 3. The van der Waals surface area contributed by atoms with Crippen LogP contribution in [0, 0.1) is 0 Å². The normalized spacial score (nSPS) is 12.5. The van der Waals surface area contributed by atoms with Gasteiger partial charge in [-0.25, -0.2) is 0 Å². The molecule has 0 aromatic carbocycles. The molecule has 1 atom stereocenters. The molecular weight excluding hydrogens is 961 g/mol. The van der Waals surface area contributed by atoms with E-state index < -0.39 is 6.10 Å². The molecule has 0 spiro atoms. The van der Waals surface area contributed by atoms with Gasteiger partial charge in [0.15, 0.2) is 6.10 Å². The van der Waals surface area contributed by atoms with E-state index in [9.17, 15) is 14.4 Å². The van der Waals surface area contributed by atoms with Crippen molar-refractivity contribution in [3.05, 3.63) is 72.9 Å². The molecule has 0 aromatic rings. The highest BCUT2D eigenvalue weighted by Crippen LogP contribution is 2.18. The summed E-state index contributed by atoms with van der Waals surface area (Å²) in [6, 6.07) is 0. The van der Waals surface area contributed by atoms with Gasteiger partial charge >= 0.3 is 17.9 Å². The summed E-state index contributed by atoms with van der Waals surface area (Å²) >= 11 is 0. The van der Waals surface area contributed by atoms with Crippen LogP contribution in [0.5, 0.6) is 0 Å². The fraction of sp³-hybridized carbons (Fsp3) is 0.792. The average molecular weight is 1090 g/mol. The van der Waals surface area contributed by atoms with Crippen molar-refractivity contribution >= 4 is 17.9 Å². The van der Waals surface area contributed by atoms with Crippen LogP contribution in [0.1, 0.15) is 348 Å². The summed E-state index contributed by atoms with van der Waals surface area (Å²) in [5.74, 6) is -0.882. The number of carbonyl (C=O) groups is 3. The van der Waals surface area contributed by atoms with Gasteiger partial charge in [0.25, 0.3) is 0 Å². The van der Waals surface area contributed by atoms with E-state index in [0.29, 0.717) is 19.3 Å². The Morgan fingerprint density at radius 2 is 0.500 bits per heavy atom. The van der Waals surface area contributed by atoms with E-state index in [1.165, 1.54) is 199 Å². The molecule has 6 nitrogen and oxygen atoms in total. The van der Waals surface area contributed by atoms with Crippen LogP contribution in [-0.4, -0.2) is 37.2 Å². The zero-order valence-electron chi connectivity index (χ0n) is 51.9. The van der Waals surface area contributed by atoms with Gasteiger partial charge in [-0.2, -0.15) is 0 Å². The van der Waals surface area contributed by atoms with Crippen LogP contribution in [0.4, 0.5) is 0 Å². The second-order valence-corrected chi connectivity index (χ2v) is 22.7. The maximum absolute atomic E-state index is 12.9. The fourth-order valence-electron chi connectivity index (χ4n) is 9.92. The number of unbranched alkanes of at least 4 members (excludes halogenated alkanes) is 39. The van der Waals surface area contributed by atoms with E-state index in [-0.39, 0.29) is 31.1 Å². The first-order valence-corrected chi connectivity index (χ1v) is 33.9. The van der Waals surface area contributed by atoms with Crippen molar-refractivity contribution in [2.75, 3.05) is 13.2 Å². The maximum Gasteiger partial charge on any atom is 0.306 e. The summed E-state index contributed by atoms with van der Waals surface area (Å²) in [6.07, 6.45) is 86.3. The van der Waals surface area contributed by atoms with Crippen LogP contribution in [-0.2, 0) is 28.6 Å². The Bertz CT molecular complexity index is 1440. The second kappa shape index (κ2) is 66.4. The average Bonchev–Trinajstić information content (AvgIpc) is 3.44. The lowest BCUT2D eigenvalue weighted by Gasteiger charge is -2.18. The highest BCUT2D eigenvalue weighted by Gasteiger charge is 2.19. The molecule has 0 heterocycles. The van der Waals surface area contributed by atoms with Gasteiger partial charge in [0.05, 0.1) is 0 Å².